The number of hydrogen-bond donors (Lipinski definition) is 1. The molecule has 0 unspecified atom stereocenters. The van der Waals surface area contributed by atoms with Crippen LogP contribution in [0.3, 0.4) is 0 Å². The molecule has 2 aliphatic heterocycles. The molecule has 1 fully saturated rings. The highest BCUT2D eigenvalue weighted by Crippen LogP contribution is 2.36. The van der Waals surface area contributed by atoms with E-state index < -0.39 is 0 Å². The minimum Gasteiger partial charge on any atom is -0.379 e. The van der Waals surface area contributed by atoms with Crippen molar-refractivity contribution in [3.05, 3.63) is 41.5 Å². The van der Waals surface area contributed by atoms with Gasteiger partial charge in [0.05, 0.1) is 0 Å². The molecule has 3 nitrogen and oxygen atoms in total. The van der Waals surface area contributed by atoms with Crippen LogP contribution in [-0.2, 0) is 0 Å². The number of rotatable bonds is 2. The summed E-state index contributed by atoms with van der Waals surface area (Å²) in [6, 6.07) is 7.98. The molecule has 0 radical (unpaired) electrons. The molecule has 0 bridgehead atoms. The second kappa shape index (κ2) is 6.25. The number of para-hydroxylation sites is 1. The molecule has 1 aromatic carbocycles. The normalized spacial score (nSPS) is 20.9. The first-order valence-electron chi connectivity index (χ1n) is 8.34. The van der Waals surface area contributed by atoms with Crippen molar-refractivity contribution in [2.75, 3.05) is 25.0 Å². The zero-order valence-corrected chi connectivity index (χ0v) is 13.7. The molecule has 1 N–H and O–H groups in total. The fourth-order valence-electron chi connectivity index (χ4n) is 3.52. The van der Waals surface area contributed by atoms with Gasteiger partial charge in [-0.3, -0.25) is 9.69 Å². The maximum absolute atomic E-state index is 12.3. The topological polar surface area (TPSA) is 32.3 Å². The van der Waals surface area contributed by atoms with Gasteiger partial charge in [0.2, 0.25) is 0 Å². The fraction of sp³-hybridized carbons (Fsp3) is 0.526. The van der Waals surface area contributed by atoms with Crippen molar-refractivity contribution < 1.29 is 4.79 Å². The van der Waals surface area contributed by atoms with Crippen LogP contribution < -0.4 is 5.32 Å². The summed E-state index contributed by atoms with van der Waals surface area (Å²) in [5.41, 5.74) is 3.38. The number of anilines is 1. The summed E-state index contributed by atoms with van der Waals surface area (Å²) in [6.45, 7) is 7.57. The summed E-state index contributed by atoms with van der Waals surface area (Å²) in [5.74, 6) is 0.284. The van der Waals surface area contributed by atoms with Crippen LogP contribution in [0.25, 0.3) is 0 Å². The van der Waals surface area contributed by atoms with Crippen LogP contribution >= 0.6 is 0 Å². The van der Waals surface area contributed by atoms with Crippen molar-refractivity contribution in [2.45, 2.75) is 45.1 Å². The number of allylic oxidation sites excluding steroid dienone is 1. The van der Waals surface area contributed by atoms with E-state index in [4.69, 9.17) is 0 Å². The number of fused-ring (bicyclic) bond motifs is 1. The molecule has 2 aliphatic rings. The smallest absolute Gasteiger partial charge is 0.165 e. The maximum Gasteiger partial charge on any atom is 0.165 e. The Hall–Kier alpha value is -1.61. The SMILES string of the molecule is CC(C)=CCN1CCC2(CCC(=O)c3ccccc3N2)CC1. The Balaban J connectivity index is 1.71. The van der Waals surface area contributed by atoms with Crippen LogP contribution in [0.4, 0.5) is 5.69 Å². The number of piperidine rings is 1. The third-order valence-electron chi connectivity index (χ3n) is 5.03. The minimum absolute atomic E-state index is 0.101. The summed E-state index contributed by atoms with van der Waals surface area (Å²) in [6.07, 6.45) is 6.16. The molecular formula is C19H26N2O. The molecule has 1 saturated heterocycles. The zero-order valence-electron chi connectivity index (χ0n) is 13.7. The highest BCUT2D eigenvalue weighted by Gasteiger charge is 2.37. The van der Waals surface area contributed by atoms with E-state index in [1.807, 2.05) is 18.2 Å². The average molecular weight is 298 g/mol. The Bertz CT molecular complexity index is 579. The number of nitrogens with one attached hydrogen (secondary N) is 1. The predicted octanol–water partition coefficient (Wildman–Crippen LogP) is 3.88. The second-order valence-corrected chi connectivity index (χ2v) is 6.96. The van der Waals surface area contributed by atoms with Crippen molar-refractivity contribution in [3.8, 4) is 0 Å². The van der Waals surface area contributed by atoms with Crippen molar-refractivity contribution >= 4 is 11.5 Å². The Morgan fingerprint density at radius 2 is 1.95 bits per heavy atom. The van der Waals surface area contributed by atoms with Gasteiger partial charge in [0.15, 0.2) is 5.78 Å². The molecule has 118 valence electrons. The lowest BCUT2D eigenvalue weighted by atomic mass is 9.83. The third kappa shape index (κ3) is 3.25. The Morgan fingerprint density at radius 1 is 1.23 bits per heavy atom. The van der Waals surface area contributed by atoms with E-state index in [1.165, 1.54) is 5.57 Å². The number of carbonyl (C=O) groups excluding carboxylic acids is 1. The van der Waals surface area contributed by atoms with E-state index in [2.05, 4.69) is 36.2 Å². The Kier molecular flexibility index (Phi) is 4.34. The minimum atomic E-state index is 0.101. The summed E-state index contributed by atoms with van der Waals surface area (Å²) in [5, 5.41) is 3.73. The van der Waals surface area contributed by atoms with Gasteiger partial charge in [-0.05, 0) is 45.2 Å². The van der Waals surface area contributed by atoms with Crippen LogP contribution in [0.2, 0.25) is 0 Å². The monoisotopic (exact) mass is 298 g/mol. The number of Topliss-reactive ketones (excluding diaryl/α,β-unsaturated/α-hetero) is 1. The molecule has 2 heterocycles. The van der Waals surface area contributed by atoms with Gasteiger partial charge in [-0.2, -0.15) is 0 Å². The second-order valence-electron chi connectivity index (χ2n) is 6.96. The van der Waals surface area contributed by atoms with Crippen LogP contribution in [0.15, 0.2) is 35.9 Å². The van der Waals surface area contributed by atoms with Crippen molar-refractivity contribution in [1.29, 1.82) is 0 Å². The lowest BCUT2D eigenvalue weighted by Crippen LogP contribution is -2.49. The number of carbonyl (C=O) groups is 1. The van der Waals surface area contributed by atoms with E-state index >= 15 is 0 Å². The number of nitrogens with zero attached hydrogens (tertiary/aromatic N) is 1. The van der Waals surface area contributed by atoms with Gasteiger partial charge in [-0.25, -0.2) is 0 Å². The van der Waals surface area contributed by atoms with Gasteiger partial charge >= 0.3 is 0 Å². The largest absolute Gasteiger partial charge is 0.379 e. The standard InChI is InChI=1S/C19H26N2O/c1-15(2)8-12-21-13-10-19(11-14-21)9-7-18(22)16-5-3-4-6-17(16)20-19/h3-6,8,20H,7,9-14H2,1-2H3. The van der Waals surface area contributed by atoms with Crippen molar-refractivity contribution in [3.63, 3.8) is 0 Å². The molecule has 0 saturated carbocycles. The van der Waals surface area contributed by atoms with E-state index in [-0.39, 0.29) is 11.3 Å². The molecule has 0 aromatic heterocycles. The highest BCUT2D eigenvalue weighted by atomic mass is 16.1. The number of ketones is 1. The van der Waals surface area contributed by atoms with Crippen LogP contribution in [0.1, 0.15) is 49.9 Å². The molecule has 1 aromatic rings. The number of benzene rings is 1. The maximum atomic E-state index is 12.3. The van der Waals surface area contributed by atoms with Crippen molar-refractivity contribution in [1.82, 2.24) is 4.90 Å². The lowest BCUT2D eigenvalue weighted by Gasteiger charge is -2.42. The molecule has 1 spiro atoms. The Labute approximate surface area is 133 Å². The van der Waals surface area contributed by atoms with Gasteiger partial charge in [0.1, 0.15) is 0 Å². The number of hydrogen-bond acceptors (Lipinski definition) is 3. The summed E-state index contributed by atoms with van der Waals surface area (Å²) >= 11 is 0. The van der Waals surface area contributed by atoms with Gasteiger partial charge in [0, 0.05) is 42.8 Å². The summed E-state index contributed by atoms with van der Waals surface area (Å²) in [4.78, 5) is 14.8. The van der Waals surface area contributed by atoms with Crippen LogP contribution in [0.5, 0.6) is 0 Å². The molecule has 3 heteroatoms. The van der Waals surface area contributed by atoms with Crippen molar-refractivity contribution in [2.24, 2.45) is 0 Å². The zero-order chi connectivity index (χ0) is 15.6. The highest BCUT2D eigenvalue weighted by molar-refractivity contribution is 6.02. The molecule has 22 heavy (non-hydrogen) atoms. The lowest BCUT2D eigenvalue weighted by molar-refractivity contribution is 0.0967. The summed E-state index contributed by atoms with van der Waals surface area (Å²) in [7, 11) is 0. The quantitative estimate of drug-likeness (QED) is 0.841. The first-order valence-corrected chi connectivity index (χ1v) is 8.34. The number of likely N-dealkylation sites (tertiary alicyclic amines) is 1. The predicted molar refractivity (Wildman–Crippen MR) is 91.5 cm³/mol. The van der Waals surface area contributed by atoms with Gasteiger partial charge in [0.25, 0.3) is 0 Å². The van der Waals surface area contributed by atoms with Crippen LogP contribution in [-0.4, -0.2) is 35.9 Å². The van der Waals surface area contributed by atoms with Gasteiger partial charge in [-0.1, -0.05) is 23.8 Å². The average Bonchev–Trinajstić information content (AvgIpc) is 2.65. The summed E-state index contributed by atoms with van der Waals surface area (Å²) < 4.78 is 0. The molecule has 0 aliphatic carbocycles. The third-order valence-corrected chi connectivity index (χ3v) is 5.03. The molecule has 0 atom stereocenters. The first-order chi connectivity index (χ1) is 10.6. The van der Waals surface area contributed by atoms with E-state index in [1.54, 1.807) is 0 Å². The molecular weight excluding hydrogens is 272 g/mol. The van der Waals surface area contributed by atoms with Gasteiger partial charge in [-0.15, -0.1) is 0 Å². The fourth-order valence-corrected chi connectivity index (χ4v) is 3.52. The Morgan fingerprint density at radius 3 is 2.68 bits per heavy atom. The van der Waals surface area contributed by atoms with Gasteiger partial charge < -0.3 is 5.32 Å². The van der Waals surface area contributed by atoms with E-state index in [9.17, 15) is 4.79 Å². The molecule has 3 rings (SSSR count). The van der Waals surface area contributed by atoms with E-state index in [0.29, 0.717) is 6.42 Å². The van der Waals surface area contributed by atoms with Crippen LogP contribution in [0, 0.1) is 0 Å². The first kappa shape index (κ1) is 15.3. The van der Waals surface area contributed by atoms with E-state index in [0.717, 1.165) is 50.1 Å². The molecule has 0 amide bonds.